The summed E-state index contributed by atoms with van der Waals surface area (Å²) < 4.78 is 10.9. The van der Waals surface area contributed by atoms with E-state index in [9.17, 15) is 4.79 Å². The monoisotopic (exact) mass is 412 g/mol. The summed E-state index contributed by atoms with van der Waals surface area (Å²) in [5.74, 6) is 0.892. The van der Waals surface area contributed by atoms with Gasteiger partial charge in [-0.3, -0.25) is 4.79 Å². The van der Waals surface area contributed by atoms with E-state index >= 15 is 0 Å². The summed E-state index contributed by atoms with van der Waals surface area (Å²) in [6.07, 6.45) is 3.24. The van der Waals surface area contributed by atoms with Crippen LogP contribution in [0.25, 0.3) is 6.08 Å². The number of halogens is 1. The molecule has 0 saturated carbocycles. The molecule has 1 amide bonds. The fraction of sp³-hybridized carbons (Fsp3) is 0.304. The lowest BCUT2D eigenvalue weighted by Crippen LogP contribution is -2.32. The second kappa shape index (κ2) is 10.5. The molecule has 2 rings (SSSR count). The van der Waals surface area contributed by atoms with Gasteiger partial charge >= 0.3 is 0 Å². The predicted octanol–water partition coefficient (Wildman–Crippen LogP) is 5.24. The normalized spacial score (nSPS) is 11.7. The van der Waals surface area contributed by atoms with Crippen LogP contribution in [-0.4, -0.2) is 31.1 Å². The number of ether oxygens (including phenoxy) is 2. The Labute approximate surface area is 177 Å². The van der Waals surface area contributed by atoms with Crippen LogP contribution in [0.4, 0.5) is 0 Å². The van der Waals surface area contributed by atoms with Crippen molar-refractivity contribution in [3.05, 3.63) is 64.2 Å². The van der Waals surface area contributed by atoms with Gasteiger partial charge in [-0.05, 0) is 62.2 Å². The number of hydrogen-bond acceptors (Lipinski definition) is 4. The van der Waals surface area contributed by atoms with Crippen LogP contribution < -0.4 is 9.47 Å². The number of likely N-dealkylation sites (N-methyl/N-ethyl adjacent to an activating group) is 1. The van der Waals surface area contributed by atoms with Crippen LogP contribution in [0, 0.1) is 11.3 Å². The summed E-state index contributed by atoms with van der Waals surface area (Å²) in [5, 5.41) is 9.36. The Bertz CT molecular complexity index is 917. The Hall–Kier alpha value is -2.97. The summed E-state index contributed by atoms with van der Waals surface area (Å²) in [6, 6.07) is 12.8. The first-order chi connectivity index (χ1) is 13.9. The van der Waals surface area contributed by atoms with E-state index < -0.39 is 0 Å². The highest BCUT2D eigenvalue weighted by molar-refractivity contribution is 6.32. The molecular formula is C23H25ClN2O3. The van der Waals surface area contributed by atoms with Gasteiger partial charge in [-0.2, -0.15) is 5.26 Å². The van der Waals surface area contributed by atoms with Gasteiger partial charge in [0.25, 0.3) is 0 Å². The van der Waals surface area contributed by atoms with Gasteiger partial charge in [0.15, 0.2) is 11.5 Å². The smallest absolute Gasteiger partial charge is 0.247 e. The lowest BCUT2D eigenvalue weighted by molar-refractivity contribution is -0.127. The maximum absolute atomic E-state index is 12.8. The maximum Gasteiger partial charge on any atom is 0.247 e. The molecule has 152 valence electrons. The number of hydrogen-bond donors (Lipinski definition) is 0. The number of amides is 1. The number of rotatable bonds is 8. The lowest BCUT2D eigenvalue weighted by atomic mass is 10.0. The van der Waals surface area contributed by atoms with Crippen molar-refractivity contribution in [3.8, 4) is 17.6 Å². The molecule has 0 aliphatic carbocycles. The topological polar surface area (TPSA) is 62.6 Å². The Morgan fingerprint density at radius 3 is 2.52 bits per heavy atom. The second-order valence-corrected chi connectivity index (χ2v) is 6.74. The predicted molar refractivity (Wildman–Crippen MR) is 115 cm³/mol. The molecule has 0 bridgehead atoms. The largest absolute Gasteiger partial charge is 0.491 e. The first-order valence-electron chi connectivity index (χ1n) is 9.44. The van der Waals surface area contributed by atoms with Crippen LogP contribution in [0.3, 0.4) is 0 Å². The molecular weight excluding hydrogens is 388 g/mol. The molecule has 0 fully saturated rings. The highest BCUT2D eigenvalue weighted by Crippen LogP contribution is 2.36. The first kappa shape index (κ1) is 22.3. The van der Waals surface area contributed by atoms with Crippen molar-refractivity contribution in [3.63, 3.8) is 0 Å². The zero-order chi connectivity index (χ0) is 21.4. The quantitative estimate of drug-likeness (QED) is 0.556. The fourth-order valence-corrected chi connectivity index (χ4v) is 3.34. The molecule has 1 atom stereocenters. The van der Waals surface area contributed by atoms with Gasteiger partial charge in [-0.1, -0.05) is 23.7 Å². The molecule has 0 heterocycles. The van der Waals surface area contributed by atoms with E-state index in [0.29, 0.717) is 35.2 Å². The van der Waals surface area contributed by atoms with Crippen molar-refractivity contribution >= 4 is 23.6 Å². The molecule has 1 unspecified atom stereocenters. The molecule has 5 nitrogen and oxygen atoms in total. The number of methoxy groups -OCH3 is 1. The van der Waals surface area contributed by atoms with Gasteiger partial charge in [0, 0.05) is 12.6 Å². The van der Waals surface area contributed by atoms with Gasteiger partial charge < -0.3 is 14.4 Å². The number of benzene rings is 2. The molecule has 0 saturated heterocycles. The van der Waals surface area contributed by atoms with Crippen LogP contribution in [-0.2, 0) is 4.79 Å². The highest BCUT2D eigenvalue weighted by Gasteiger charge is 2.18. The molecule has 2 aromatic rings. The second-order valence-electron chi connectivity index (χ2n) is 6.33. The van der Waals surface area contributed by atoms with Crippen LogP contribution in [0.1, 0.15) is 43.5 Å². The summed E-state index contributed by atoms with van der Waals surface area (Å²) in [4.78, 5) is 14.6. The molecule has 0 N–H and O–H groups in total. The van der Waals surface area contributed by atoms with Crippen LogP contribution in [0.2, 0.25) is 5.02 Å². The summed E-state index contributed by atoms with van der Waals surface area (Å²) >= 11 is 6.27. The minimum Gasteiger partial charge on any atom is -0.491 e. The van der Waals surface area contributed by atoms with Crippen LogP contribution in [0.5, 0.6) is 11.5 Å². The molecule has 0 radical (unpaired) electrons. The number of carbonyl (C=O) groups excluding carboxylic acids is 1. The fourth-order valence-electron chi connectivity index (χ4n) is 3.05. The SMILES string of the molecule is CCOc1cc(/C=C/C(=O)N(CC)C(C)c2ccc(C#N)cc2)cc(Cl)c1OC. The Morgan fingerprint density at radius 2 is 1.97 bits per heavy atom. The molecule has 2 aromatic carbocycles. The van der Waals surface area contributed by atoms with E-state index in [1.807, 2.05) is 32.9 Å². The average Bonchev–Trinajstić information content (AvgIpc) is 2.73. The third-order valence-electron chi connectivity index (χ3n) is 4.57. The number of nitrogens with zero attached hydrogens (tertiary/aromatic N) is 2. The van der Waals surface area contributed by atoms with Gasteiger partial charge in [-0.15, -0.1) is 0 Å². The van der Waals surface area contributed by atoms with Gasteiger partial charge in [0.05, 0.1) is 36.4 Å². The van der Waals surface area contributed by atoms with E-state index in [4.69, 9.17) is 26.3 Å². The van der Waals surface area contributed by atoms with E-state index in [1.165, 1.54) is 13.2 Å². The van der Waals surface area contributed by atoms with Crippen molar-refractivity contribution in [2.45, 2.75) is 26.8 Å². The van der Waals surface area contributed by atoms with Gasteiger partial charge in [0.1, 0.15) is 0 Å². The first-order valence-corrected chi connectivity index (χ1v) is 9.81. The molecule has 6 heteroatoms. The summed E-state index contributed by atoms with van der Waals surface area (Å²) in [7, 11) is 1.53. The third-order valence-corrected chi connectivity index (χ3v) is 4.85. The molecule has 0 aliphatic rings. The van der Waals surface area contributed by atoms with Gasteiger partial charge in [0.2, 0.25) is 5.91 Å². The third kappa shape index (κ3) is 5.52. The standard InChI is InChI=1S/C23H25ClN2O3/c1-5-26(16(3)19-10-7-17(15-25)8-11-19)22(27)12-9-18-13-20(24)23(28-4)21(14-18)29-6-2/h7-14,16H,5-6H2,1-4H3/b12-9+. The Morgan fingerprint density at radius 1 is 1.28 bits per heavy atom. The minimum absolute atomic E-state index is 0.116. The van der Waals surface area contributed by atoms with E-state index in [-0.39, 0.29) is 11.9 Å². The van der Waals surface area contributed by atoms with Crippen LogP contribution >= 0.6 is 11.6 Å². The van der Waals surface area contributed by atoms with E-state index in [0.717, 1.165) is 11.1 Å². The van der Waals surface area contributed by atoms with Crippen molar-refractivity contribution in [2.24, 2.45) is 0 Å². The van der Waals surface area contributed by atoms with Crippen molar-refractivity contribution < 1.29 is 14.3 Å². The molecule has 0 spiro atoms. The lowest BCUT2D eigenvalue weighted by Gasteiger charge is -2.27. The highest BCUT2D eigenvalue weighted by atomic mass is 35.5. The summed E-state index contributed by atoms with van der Waals surface area (Å²) in [5.41, 5.74) is 2.31. The van der Waals surface area contributed by atoms with Crippen molar-refractivity contribution in [2.75, 3.05) is 20.3 Å². The number of nitriles is 1. The molecule has 29 heavy (non-hydrogen) atoms. The van der Waals surface area contributed by atoms with Crippen LogP contribution in [0.15, 0.2) is 42.5 Å². The Balaban J connectivity index is 2.22. The maximum atomic E-state index is 12.8. The van der Waals surface area contributed by atoms with E-state index in [1.54, 1.807) is 35.2 Å². The zero-order valence-corrected chi connectivity index (χ0v) is 17.9. The average molecular weight is 413 g/mol. The van der Waals surface area contributed by atoms with Crippen molar-refractivity contribution in [1.82, 2.24) is 4.90 Å². The summed E-state index contributed by atoms with van der Waals surface area (Å²) in [6.45, 7) is 6.81. The zero-order valence-electron chi connectivity index (χ0n) is 17.1. The minimum atomic E-state index is -0.122. The molecule has 0 aromatic heterocycles. The van der Waals surface area contributed by atoms with Crippen molar-refractivity contribution in [1.29, 1.82) is 5.26 Å². The van der Waals surface area contributed by atoms with E-state index in [2.05, 4.69) is 6.07 Å². The Kier molecular flexibility index (Phi) is 8.11. The number of carbonyl (C=O) groups is 1. The van der Waals surface area contributed by atoms with Gasteiger partial charge in [-0.25, -0.2) is 0 Å². The molecule has 0 aliphatic heterocycles.